The Hall–Kier alpha value is -2.71. The fourth-order valence-corrected chi connectivity index (χ4v) is 2.42. The lowest BCUT2D eigenvalue weighted by Gasteiger charge is -2.19. The van der Waals surface area contributed by atoms with E-state index in [1.807, 2.05) is 44.2 Å². The number of anilines is 1. The van der Waals surface area contributed by atoms with E-state index in [1.54, 1.807) is 6.92 Å². The van der Waals surface area contributed by atoms with Gasteiger partial charge in [-0.3, -0.25) is 14.7 Å². The summed E-state index contributed by atoms with van der Waals surface area (Å²) in [5.41, 5.74) is 0.484. The van der Waals surface area contributed by atoms with E-state index in [0.717, 1.165) is 5.56 Å². The lowest BCUT2D eigenvalue weighted by Crippen LogP contribution is -2.34. The van der Waals surface area contributed by atoms with Crippen LogP contribution in [0.2, 0.25) is 0 Å². The molecule has 0 atom stereocenters. The minimum Gasteiger partial charge on any atom is -0.444 e. The molecule has 1 heterocycles. The van der Waals surface area contributed by atoms with Gasteiger partial charge < -0.3 is 14.2 Å². The molecule has 0 aliphatic rings. The van der Waals surface area contributed by atoms with Crippen molar-refractivity contribution in [2.45, 2.75) is 40.2 Å². The Morgan fingerprint density at radius 3 is 2.48 bits per heavy atom. The summed E-state index contributed by atoms with van der Waals surface area (Å²) in [4.78, 5) is 28.9. The third-order valence-corrected chi connectivity index (χ3v) is 3.73. The second-order valence-corrected chi connectivity index (χ2v) is 5.66. The molecular weight excluding hydrogens is 350 g/mol. The van der Waals surface area contributed by atoms with E-state index in [4.69, 9.17) is 14.2 Å². The maximum atomic E-state index is 12.7. The summed E-state index contributed by atoms with van der Waals surface area (Å²) in [5, 5.41) is 2.45. The number of rotatable bonds is 9. The number of amides is 1. The molecule has 146 valence electrons. The number of hydrogen-bond acceptors (Lipinski definition) is 6. The second-order valence-electron chi connectivity index (χ2n) is 5.66. The third-order valence-electron chi connectivity index (χ3n) is 3.73. The van der Waals surface area contributed by atoms with E-state index in [1.165, 1.54) is 10.8 Å². The molecule has 1 aromatic carbocycles. The van der Waals surface area contributed by atoms with E-state index in [-0.39, 0.29) is 18.8 Å². The van der Waals surface area contributed by atoms with E-state index in [0.29, 0.717) is 19.0 Å². The van der Waals surface area contributed by atoms with Crippen LogP contribution in [0.4, 0.5) is 10.5 Å². The normalized spacial score (nSPS) is 10.8. The van der Waals surface area contributed by atoms with E-state index >= 15 is 0 Å². The maximum absolute atomic E-state index is 12.7. The molecule has 1 aromatic heterocycles. The summed E-state index contributed by atoms with van der Waals surface area (Å²) < 4.78 is 17.5. The van der Waals surface area contributed by atoms with Gasteiger partial charge in [0.15, 0.2) is 6.29 Å². The number of aryl methyl sites for hydroxylation is 1. The van der Waals surface area contributed by atoms with Crippen molar-refractivity contribution in [1.29, 1.82) is 0 Å². The zero-order valence-corrected chi connectivity index (χ0v) is 15.8. The van der Waals surface area contributed by atoms with Crippen LogP contribution in [0.1, 0.15) is 25.2 Å². The summed E-state index contributed by atoms with van der Waals surface area (Å²) in [6, 6.07) is 9.27. The Kier molecular flexibility index (Phi) is 7.97. The molecule has 0 bridgehead atoms. The van der Waals surface area contributed by atoms with Gasteiger partial charge in [-0.25, -0.2) is 9.78 Å². The number of ether oxygens (including phenoxy) is 3. The largest absolute Gasteiger partial charge is 0.444 e. The molecule has 0 aliphatic carbocycles. The van der Waals surface area contributed by atoms with Crippen LogP contribution >= 0.6 is 0 Å². The van der Waals surface area contributed by atoms with Gasteiger partial charge in [-0.15, -0.1) is 0 Å². The smallest absolute Gasteiger partial charge is 0.412 e. The van der Waals surface area contributed by atoms with Gasteiger partial charge >= 0.3 is 6.09 Å². The molecule has 0 saturated carbocycles. The number of aromatic nitrogens is 2. The van der Waals surface area contributed by atoms with Gasteiger partial charge in [-0.05, 0) is 26.3 Å². The predicted molar refractivity (Wildman–Crippen MR) is 101 cm³/mol. The molecule has 0 unspecified atom stereocenters. The highest BCUT2D eigenvalue weighted by Crippen LogP contribution is 2.06. The number of carbonyl (C=O) groups is 1. The van der Waals surface area contributed by atoms with E-state index in [9.17, 15) is 9.59 Å². The molecule has 27 heavy (non-hydrogen) atoms. The maximum Gasteiger partial charge on any atom is 0.412 e. The molecule has 0 aliphatic heterocycles. The summed E-state index contributed by atoms with van der Waals surface area (Å²) in [5.74, 6) is 0.493. The molecule has 2 aromatic rings. The van der Waals surface area contributed by atoms with Crippen LogP contribution in [0, 0.1) is 6.92 Å². The first-order valence-corrected chi connectivity index (χ1v) is 8.82. The average Bonchev–Trinajstić information content (AvgIpc) is 2.67. The van der Waals surface area contributed by atoms with Crippen LogP contribution in [0.15, 0.2) is 41.3 Å². The van der Waals surface area contributed by atoms with Crippen LogP contribution in [0.5, 0.6) is 0 Å². The summed E-state index contributed by atoms with van der Waals surface area (Å²) in [6.45, 7) is 6.59. The SMILES string of the molecule is CCOC(Cn1c(C)ncc(NC(=O)OCc2ccccc2)c1=O)OCC. The monoisotopic (exact) mass is 375 g/mol. The first-order chi connectivity index (χ1) is 13.0. The Labute approximate surface area is 158 Å². The van der Waals surface area contributed by atoms with Gasteiger partial charge in [0.2, 0.25) is 0 Å². The van der Waals surface area contributed by atoms with Crippen LogP contribution in [0.3, 0.4) is 0 Å². The van der Waals surface area contributed by atoms with Crippen molar-refractivity contribution in [2.75, 3.05) is 18.5 Å². The number of carbonyl (C=O) groups excluding carboxylic acids is 1. The van der Waals surface area contributed by atoms with Crippen molar-refractivity contribution < 1.29 is 19.0 Å². The van der Waals surface area contributed by atoms with Crippen LogP contribution in [-0.4, -0.2) is 35.1 Å². The second kappa shape index (κ2) is 10.4. The quantitative estimate of drug-likeness (QED) is 0.678. The van der Waals surface area contributed by atoms with Crippen molar-refractivity contribution >= 4 is 11.8 Å². The van der Waals surface area contributed by atoms with Crippen LogP contribution in [0.25, 0.3) is 0 Å². The highest BCUT2D eigenvalue weighted by molar-refractivity contribution is 5.84. The highest BCUT2D eigenvalue weighted by Gasteiger charge is 2.16. The fourth-order valence-electron chi connectivity index (χ4n) is 2.42. The molecule has 2 rings (SSSR count). The molecule has 8 heteroatoms. The first-order valence-electron chi connectivity index (χ1n) is 8.82. The van der Waals surface area contributed by atoms with Crippen molar-refractivity contribution in [1.82, 2.24) is 9.55 Å². The van der Waals surface area contributed by atoms with Gasteiger partial charge in [-0.1, -0.05) is 30.3 Å². The highest BCUT2D eigenvalue weighted by atomic mass is 16.7. The molecule has 8 nitrogen and oxygen atoms in total. The standard InChI is InChI=1S/C19H25N3O5/c1-4-25-17(26-5-2)12-22-14(3)20-11-16(18(22)23)21-19(24)27-13-15-9-7-6-8-10-15/h6-11,17H,4-5,12-13H2,1-3H3,(H,21,24). The predicted octanol–water partition coefficient (Wildman–Crippen LogP) is 2.70. The van der Waals surface area contributed by atoms with Crippen molar-refractivity contribution in [3.8, 4) is 0 Å². The van der Waals surface area contributed by atoms with E-state index < -0.39 is 17.9 Å². The zero-order chi connectivity index (χ0) is 19.6. The molecule has 0 spiro atoms. The van der Waals surface area contributed by atoms with Crippen molar-refractivity contribution in [2.24, 2.45) is 0 Å². The molecular formula is C19H25N3O5. The lowest BCUT2D eigenvalue weighted by molar-refractivity contribution is -0.144. The average molecular weight is 375 g/mol. The Morgan fingerprint density at radius 2 is 1.85 bits per heavy atom. The molecule has 0 fully saturated rings. The minimum atomic E-state index is -0.723. The first kappa shape index (κ1) is 20.6. The number of hydrogen-bond donors (Lipinski definition) is 1. The van der Waals surface area contributed by atoms with Gasteiger partial charge in [0.05, 0.1) is 12.7 Å². The number of benzene rings is 1. The summed E-state index contributed by atoms with van der Waals surface area (Å²) >= 11 is 0. The summed E-state index contributed by atoms with van der Waals surface area (Å²) in [6.07, 6.45) is 0.0201. The third kappa shape index (κ3) is 6.19. The number of nitrogens with zero attached hydrogens (tertiary/aromatic N) is 2. The Bertz CT molecular complexity index is 786. The number of nitrogens with one attached hydrogen (secondary N) is 1. The molecule has 0 radical (unpaired) electrons. The van der Waals surface area contributed by atoms with Gasteiger partial charge in [-0.2, -0.15) is 0 Å². The lowest BCUT2D eigenvalue weighted by atomic mass is 10.2. The molecule has 0 saturated heterocycles. The Balaban J connectivity index is 2.06. The van der Waals surface area contributed by atoms with Crippen molar-refractivity contribution in [3.05, 3.63) is 58.3 Å². The molecule has 1 amide bonds. The zero-order valence-electron chi connectivity index (χ0n) is 15.8. The van der Waals surface area contributed by atoms with Crippen LogP contribution < -0.4 is 10.9 Å². The minimum absolute atomic E-state index is 0.0328. The van der Waals surface area contributed by atoms with Crippen LogP contribution in [-0.2, 0) is 27.4 Å². The Morgan fingerprint density at radius 1 is 1.19 bits per heavy atom. The van der Waals surface area contributed by atoms with Gasteiger partial charge in [0.1, 0.15) is 18.1 Å². The summed E-state index contributed by atoms with van der Waals surface area (Å²) in [7, 11) is 0. The van der Waals surface area contributed by atoms with E-state index in [2.05, 4.69) is 10.3 Å². The topological polar surface area (TPSA) is 91.7 Å². The molecule has 1 N–H and O–H groups in total. The van der Waals surface area contributed by atoms with Crippen molar-refractivity contribution in [3.63, 3.8) is 0 Å². The fraction of sp³-hybridized carbons (Fsp3) is 0.421. The van der Waals surface area contributed by atoms with Gasteiger partial charge in [0.25, 0.3) is 5.56 Å². The van der Waals surface area contributed by atoms with Gasteiger partial charge in [0, 0.05) is 13.2 Å².